The van der Waals surface area contributed by atoms with Gasteiger partial charge >= 0.3 is 0 Å². The molecule has 2 fully saturated rings. The second kappa shape index (κ2) is 3.87. The Morgan fingerprint density at radius 2 is 2.28 bits per heavy atom. The van der Waals surface area contributed by atoms with E-state index in [9.17, 15) is 4.79 Å². The van der Waals surface area contributed by atoms with Gasteiger partial charge in [-0.05, 0) is 18.8 Å². The maximum atomic E-state index is 11.7. The number of aliphatic imine (C=N–C) groups is 1. The van der Waals surface area contributed by atoms with Gasteiger partial charge in [-0.2, -0.15) is 0 Å². The molecule has 0 bridgehead atoms. The normalized spacial score (nSPS) is 41.7. The summed E-state index contributed by atoms with van der Waals surface area (Å²) in [4.78, 5) is 15.6. The number of ether oxygens (including phenoxy) is 1. The summed E-state index contributed by atoms with van der Waals surface area (Å²) in [6.07, 6.45) is 8.58. The lowest BCUT2D eigenvalue weighted by Gasteiger charge is -2.45. The van der Waals surface area contributed by atoms with Gasteiger partial charge in [-0.1, -0.05) is 12.2 Å². The summed E-state index contributed by atoms with van der Waals surface area (Å²) in [7, 11) is 0. The summed E-state index contributed by atoms with van der Waals surface area (Å²) < 4.78 is 5.95. The smallest absolute Gasteiger partial charge is 0.277 e. The lowest BCUT2D eigenvalue weighted by molar-refractivity contribution is -0.113. The monoisotopic (exact) mass is 244 g/mol. The fraction of sp³-hybridized carbons (Fsp3) is 0.571. The van der Waals surface area contributed by atoms with E-state index in [1.165, 1.54) is 0 Å². The van der Waals surface area contributed by atoms with Crippen LogP contribution in [0.25, 0.3) is 0 Å². The largest absolute Gasteiger partial charge is 0.375 e. The standard InChI is InChI=1S/C14H16N2O2/c17-14-11-6-10-8(5-9(11)7-16-14)1-2-12-13(10)18-4-3-15-12/h5-8,10,12-13,15H,1-4H2. The first kappa shape index (κ1) is 10.6. The quantitative estimate of drug-likeness (QED) is 0.687. The number of rotatable bonds is 0. The molecule has 4 atom stereocenters. The highest BCUT2D eigenvalue weighted by Crippen LogP contribution is 2.41. The second-order valence-corrected chi connectivity index (χ2v) is 5.48. The van der Waals surface area contributed by atoms with Gasteiger partial charge in [0.2, 0.25) is 0 Å². The highest BCUT2D eigenvalue weighted by atomic mass is 16.5. The molecule has 0 aromatic rings. The number of nitrogens with one attached hydrogen (secondary N) is 1. The van der Waals surface area contributed by atoms with E-state index >= 15 is 0 Å². The number of fused-ring (bicyclic) bond motifs is 4. The molecule has 2 aliphatic heterocycles. The van der Waals surface area contributed by atoms with Crippen LogP contribution in [0, 0.1) is 11.8 Å². The van der Waals surface area contributed by atoms with Crippen molar-refractivity contribution in [2.75, 3.05) is 13.2 Å². The molecule has 1 amide bonds. The number of carbonyl (C=O) groups is 1. The topological polar surface area (TPSA) is 50.7 Å². The highest BCUT2D eigenvalue weighted by molar-refractivity contribution is 6.16. The number of hydrogen-bond acceptors (Lipinski definition) is 3. The minimum Gasteiger partial charge on any atom is -0.375 e. The number of carbonyl (C=O) groups excluding carboxylic acids is 1. The fourth-order valence-corrected chi connectivity index (χ4v) is 3.65. The van der Waals surface area contributed by atoms with Crippen molar-refractivity contribution < 1.29 is 9.53 Å². The number of nitrogens with zero attached hydrogens (tertiary/aromatic N) is 1. The van der Waals surface area contributed by atoms with Crippen molar-refractivity contribution >= 4 is 12.1 Å². The van der Waals surface area contributed by atoms with Crippen LogP contribution in [0.5, 0.6) is 0 Å². The Kier molecular flexibility index (Phi) is 2.29. The van der Waals surface area contributed by atoms with Gasteiger partial charge < -0.3 is 10.1 Å². The molecular weight excluding hydrogens is 228 g/mol. The second-order valence-electron chi connectivity index (χ2n) is 5.48. The molecule has 4 heteroatoms. The van der Waals surface area contributed by atoms with Gasteiger partial charge in [-0.3, -0.25) is 4.79 Å². The number of amides is 1. The molecule has 1 saturated carbocycles. The molecule has 0 radical (unpaired) electrons. The Labute approximate surface area is 106 Å². The van der Waals surface area contributed by atoms with E-state index in [4.69, 9.17) is 4.74 Å². The first-order valence-electron chi connectivity index (χ1n) is 6.70. The molecule has 0 spiro atoms. The van der Waals surface area contributed by atoms with E-state index in [1.807, 2.05) is 0 Å². The van der Waals surface area contributed by atoms with Gasteiger partial charge in [0.25, 0.3) is 5.91 Å². The van der Waals surface area contributed by atoms with Crippen LogP contribution in [0.1, 0.15) is 12.8 Å². The lowest BCUT2D eigenvalue weighted by atomic mass is 9.70. The van der Waals surface area contributed by atoms with E-state index in [-0.39, 0.29) is 12.0 Å². The summed E-state index contributed by atoms with van der Waals surface area (Å²) >= 11 is 0. The molecule has 4 unspecified atom stereocenters. The number of morpholine rings is 1. The minimum atomic E-state index is -0.0920. The summed E-state index contributed by atoms with van der Waals surface area (Å²) in [5, 5.41) is 3.53. The molecule has 0 aromatic heterocycles. The summed E-state index contributed by atoms with van der Waals surface area (Å²) in [5.74, 6) is 0.744. The van der Waals surface area contributed by atoms with Crippen LogP contribution >= 0.6 is 0 Å². The lowest BCUT2D eigenvalue weighted by Crippen LogP contribution is -2.55. The predicted molar refractivity (Wildman–Crippen MR) is 67.4 cm³/mol. The van der Waals surface area contributed by atoms with Crippen molar-refractivity contribution in [2.24, 2.45) is 16.8 Å². The van der Waals surface area contributed by atoms with E-state index < -0.39 is 0 Å². The molecule has 4 nitrogen and oxygen atoms in total. The Bertz CT molecular complexity index is 492. The predicted octanol–water partition coefficient (Wildman–Crippen LogP) is 0.847. The average molecular weight is 244 g/mol. The van der Waals surface area contributed by atoms with Crippen LogP contribution in [-0.4, -0.2) is 37.4 Å². The molecule has 4 rings (SSSR count). The summed E-state index contributed by atoms with van der Waals surface area (Å²) in [5.41, 5.74) is 1.80. The molecule has 0 aromatic carbocycles. The summed E-state index contributed by atoms with van der Waals surface area (Å²) in [6, 6.07) is 0.448. The van der Waals surface area contributed by atoms with E-state index in [2.05, 4.69) is 22.5 Å². The SMILES string of the molecule is O=C1N=CC2=CC3CCC4NCCOC4C3C=C12. The number of hydrogen-bond donors (Lipinski definition) is 1. The van der Waals surface area contributed by atoms with Crippen molar-refractivity contribution in [3.63, 3.8) is 0 Å². The van der Waals surface area contributed by atoms with Crippen molar-refractivity contribution in [2.45, 2.75) is 25.0 Å². The van der Waals surface area contributed by atoms with Gasteiger partial charge in [0, 0.05) is 35.9 Å². The van der Waals surface area contributed by atoms with Crippen LogP contribution in [0.2, 0.25) is 0 Å². The molecule has 94 valence electrons. The van der Waals surface area contributed by atoms with Crippen molar-refractivity contribution in [1.82, 2.24) is 5.32 Å². The average Bonchev–Trinajstić information content (AvgIpc) is 2.78. The number of allylic oxidation sites excluding steroid dienone is 1. The molecule has 2 heterocycles. The molecule has 1 saturated heterocycles. The maximum Gasteiger partial charge on any atom is 0.277 e. The van der Waals surface area contributed by atoms with Gasteiger partial charge in [0.1, 0.15) is 0 Å². The van der Waals surface area contributed by atoms with Crippen molar-refractivity contribution in [3.05, 3.63) is 23.3 Å². The van der Waals surface area contributed by atoms with E-state index in [0.29, 0.717) is 17.9 Å². The zero-order chi connectivity index (χ0) is 12.1. The van der Waals surface area contributed by atoms with E-state index in [0.717, 1.165) is 37.1 Å². The third kappa shape index (κ3) is 1.45. The van der Waals surface area contributed by atoms with E-state index in [1.54, 1.807) is 6.21 Å². The van der Waals surface area contributed by atoms with Crippen LogP contribution in [-0.2, 0) is 9.53 Å². The minimum absolute atomic E-state index is 0.0920. The third-order valence-electron chi connectivity index (χ3n) is 4.52. The zero-order valence-electron chi connectivity index (χ0n) is 10.1. The first-order chi connectivity index (χ1) is 8.83. The van der Waals surface area contributed by atoms with Crippen LogP contribution in [0.3, 0.4) is 0 Å². The van der Waals surface area contributed by atoms with Crippen LogP contribution in [0.4, 0.5) is 0 Å². The van der Waals surface area contributed by atoms with Gasteiger partial charge in [0.05, 0.1) is 12.7 Å². The zero-order valence-corrected chi connectivity index (χ0v) is 10.1. The van der Waals surface area contributed by atoms with Gasteiger partial charge in [0.15, 0.2) is 0 Å². The molecular formula is C14H16N2O2. The Hall–Kier alpha value is -1.26. The maximum absolute atomic E-state index is 11.7. The Balaban J connectivity index is 1.69. The van der Waals surface area contributed by atoms with Crippen molar-refractivity contribution in [3.8, 4) is 0 Å². The molecule has 1 N–H and O–H groups in total. The first-order valence-corrected chi connectivity index (χ1v) is 6.70. The van der Waals surface area contributed by atoms with Crippen LogP contribution < -0.4 is 5.32 Å². The Morgan fingerprint density at radius 1 is 1.33 bits per heavy atom. The highest BCUT2D eigenvalue weighted by Gasteiger charge is 2.42. The fourth-order valence-electron chi connectivity index (χ4n) is 3.65. The molecule has 18 heavy (non-hydrogen) atoms. The van der Waals surface area contributed by atoms with Gasteiger partial charge in [-0.15, -0.1) is 0 Å². The molecule has 4 aliphatic rings. The van der Waals surface area contributed by atoms with Crippen molar-refractivity contribution in [1.29, 1.82) is 0 Å². The third-order valence-corrected chi connectivity index (χ3v) is 4.52. The van der Waals surface area contributed by atoms with Crippen LogP contribution in [0.15, 0.2) is 28.3 Å². The Morgan fingerprint density at radius 3 is 3.22 bits per heavy atom. The molecule has 2 aliphatic carbocycles. The summed E-state index contributed by atoms with van der Waals surface area (Å²) in [6.45, 7) is 1.72. The van der Waals surface area contributed by atoms with Gasteiger partial charge in [-0.25, -0.2) is 4.99 Å².